The van der Waals surface area contributed by atoms with E-state index in [1.165, 1.54) is 24.3 Å². The van der Waals surface area contributed by atoms with Crippen molar-refractivity contribution in [1.29, 1.82) is 0 Å². The van der Waals surface area contributed by atoms with Crippen LogP contribution in [0.5, 0.6) is 0 Å². The van der Waals surface area contributed by atoms with Gasteiger partial charge in [0.1, 0.15) is 28.6 Å². The van der Waals surface area contributed by atoms with E-state index in [0.717, 1.165) is 43.6 Å². The van der Waals surface area contributed by atoms with Crippen LogP contribution in [0.2, 0.25) is 0 Å². The molecule has 0 bridgehead atoms. The number of anilines is 2. The Morgan fingerprint density at radius 1 is 0.935 bits per heavy atom. The van der Waals surface area contributed by atoms with Crippen molar-refractivity contribution in [3.8, 4) is 0 Å². The summed E-state index contributed by atoms with van der Waals surface area (Å²) >= 11 is 0. The monoisotopic (exact) mass is 671 g/mol. The van der Waals surface area contributed by atoms with E-state index in [1.54, 1.807) is 12.1 Å². The molecular formula is C34H38N3NaO6S2. The van der Waals surface area contributed by atoms with E-state index >= 15 is 0 Å². The average Bonchev–Trinajstić information content (AvgIpc) is 3.02. The maximum atomic E-state index is 12.6. The van der Waals surface area contributed by atoms with Crippen molar-refractivity contribution in [2.24, 2.45) is 0 Å². The van der Waals surface area contributed by atoms with E-state index in [2.05, 4.69) is 48.6 Å². The van der Waals surface area contributed by atoms with Crippen molar-refractivity contribution in [2.45, 2.75) is 38.0 Å². The van der Waals surface area contributed by atoms with Crippen molar-refractivity contribution >= 4 is 42.9 Å². The van der Waals surface area contributed by atoms with Gasteiger partial charge in [-0.05, 0) is 86.9 Å². The fourth-order valence-corrected chi connectivity index (χ4v) is 6.86. The molecule has 0 radical (unpaired) electrons. The maximum absolute atomic E-state index is 12.6. The normalized spacial score (nSPS) is 13.6. The zero-order chi connectivity index (χ0) is 32.8. The minimum absolute atomic E-state index is 0. The smallest absolute Gasteiger partial charge is 0.744 e. The van der Waals surface area contributed by atoms with Gasteiger partial charge in [-0.3, -0.25) is 4.55 Å². The Bertz CT molecular complexity index is 1840. The molecule has 12 heteroatoms. The first-order chi connectivity index (χ1) is 21.4. The molecule has 0 spiro atoms. The summed E-state index contributed by atoms with van der Waals surface area (Å²) in [6.45, 7) is 11.5. The zero-order valence-electron chi connectivity index (χ0n) is 26.8. The van der Waals surface area contributed by atoms with E-state index in [4.69, 9.17) is 0 Å². The number of nitrogens with one attached hydrogen (secondary N) is 1. The summed E-state index contributed by atoms with van der Waals surface area (Å²) in [6.07, 6.45) is 7.65. The molecule has 0 aromatic heterocycles. The summed E-state index contributed by atoms with van der Waals surface area (Å²) in [5.74, 6) is 0. The molecule has 1 atom stereocenters. The number of allylic oxidation sites excluding steroid dienone is 5. The SMILES string of the molecule is CCN(CC)c1ccc(C(=C2C=CC(=[N+](CC)CC)C=C2)c2cc(NC(c3c[c-]ccc3)S(=O)(=O)O)ccc2S(=O)(=O)[O-])cc1.[Na+]. The molecule has 3 aromatic rings. The van der Waals surface area contributed by atoms with Crippen molar-refractivity contribution in [2.75, 3.05) is 36.4 Å². The quantitative estimate of drug-likeness (QED) is 0.130. The van der Waals surface area contributed by atoms with Gasteiger partial charge >= 0.3 is 29.6 Å². The van der Waals surface area contributed by atoms with Crippen LogP contribution < -0.4 is 39.8 Å². The fraction of sp³-hybridized carbons (Fsp3) is 0.265. The third-order valence-corrected chi connectivity index (χ3v) is 9.60. The van der Waals surface area contributed by atoms with Gasteiger partial charge in [-0.2, -0.15) is 38.7 Å². The summed E-state index contributed by atoms with van der Waals surface area (Å²) in [5.41, 5.74) is 4.27. The van der Waals surface area contributed by atoms with Gasteiger partial charge < -0.3 is 14.8 Å². The Hall–Kier alpha value is -3.03. The molecule has 3 aromatic carbocycles. The standard InChI is InChI=1S/C34H39N3O6S2.Na/c1-5-36(6-2)29-19-14-25(15-20-29)33(26-16-21-30(22-17-26)37(7-3)8-4)31-24-28(18-23-32(31)44(38,39)40)35-34(45(41,42)43)27-12-10-9-11-13-27;/h9-10,12-24,34-35H,5-8H2,1-4H3,(H,38,39,40)(H,41,42,43);/q;+1/p-1. The molecule has 1 aliphatic carbocycles. The van der Waals surface area contributed by atoms with Gasteiger partial charge in [0, 0.05) is 42.2 Å². The van der Waals surface area contributed by atoms with Crippen LogP contribution in [0.25, 0.3) is 5.57 Å². The van der Waals surface area contributed by atoms with Crippen LogP contribution in [0.1, 0.15) is 49.8 Å². The maximum Gasteiger partial charge on any atom is 1.00 e. The van der Waals surface area contributed by atoms with Gasteiger partial charge in [-0.15, -0.1) is 5.56 Å². The Kier molecular flexibility index (Phi) is 13.2. The minimum Gasteiger partial charge on any atom is -0.744 e. The van der Waals surface area contributed by atoms with Crippen molar-refractivity contribution in [1.82, 2.24) is 0 Å². The second-order valence-electron chi connectivity index (χ2n) is 10.4. The number of rotatable bonds is 12. The first-order valence-corrected chi connectivity index (χ1v) is 17.7. The van der Waals surface area contributed by atoms with Crippen molar-refractivity contribution in [3.05, 3.63) is 119 Å². The molecule has 9 nitrogen and oxygen atoms in total. The van der Waals surface area contributed by atoms with Crippen LogP contribution in [-0.2, 0) is 20.2 Å². The first-order valence-electron chi connectivity index (χ1n) is 14.8. The molecule has 2 N–H and O–H groups in total. The van der Waals surface area contributed by atoms with Crippen LogP contribution in [0, 0.1) is 6.07 Å². The molecule has 0 fully saturated rings. The molecule has 1 unspecified atom stereocenters. The Morgan fingerprint density at radius 3 is 2.07 bits per heavy atom. The Labute approximate surface area is 294 Å². The van der Waals surface area contributed by atoms with Crippen LogP contribution in [0.3, 0.4) is 0 Å². The number of nitrogens with zero attached hydrogens (tertiary/aromatic N) is 2. The van der Waals surface area contributed by atoms with Gasteiger partial charge in [0.25, 0.3) is 10.1 Å². The second kappa shape index (κ2) is 16.2. The Morgan fingerprint density at radius 2 is 1.57 bits per heavy atom. The largest absolute Gasteiger partial charge is 1.00 e. The zero-order valence-corrected chi connectivity index (χ0v) is 30.4. The molecule has 46 heavy (non-hydrogen) atoms. The number of benzene rings is 3. The number of hydrogen-bond donors (Lipinski definition) is 2. The predicted octanol–water partition coefficient (Wildman–Crippen LogP) is 2.66. The van der Waals surface area contributed by atoms with Crippen LogP contribution in [0.15, 0.2) is 102 Å². The molecule has 1 aliphatic rings. The first kappa shape index (κ1) is 37.4. The summed E-state index contributed by atoms with van der Waals surface area (Å²) in [4.78, 5) is 1.72. The van der Waals surface area contributed by atoms with Crippen molar-refractivity contribution in [3.63, 3.8) is 0 Å². The molecule has 4 rings (SSSR count). The van der Waals surface area contributed by atoms with E-state index in [0.29, 0.717) is 16.7 Å². The summed E-state index contributed by atoms with van der Waals surface area (Å²) in [5, 5.41) is 1.24. The van der Waals surface area contributed by atoms with Crippen LogP contribution >= 0.6 is 0 Å². The topological polar surface area (TPSA) is 130 Å². The second-order valence-corrected chi connectivity index (χ2v) is 13.2. The molecule has 0 heterocycles. The van der Waals surface area contributed by atoms with Crippen molar-refractivity contribution < 1.29 is 60.1 Å². The summed E-state index contributed by atoms with van der Waals surface area (Å²) in [6, 6.07) is 20.5. The summed E-state index contributed by atoms with van der Waals surface area (Å²) < 4.78 is 75.0. The average molecular weight is 672 g/mol. The van der Waals surface area contributed by atoms with Gasteiger partial charge in [-0.1, -0.05) is 12.1 Å². The molecule has 0 aliphatic heterocycles. The molecular weight excluding hydrogens is 634 g/mol. The molecule has 0 saturated heterocycles. The van der Waals surface area contributed by atoms with E-state index in [1.807, 2.05) is 48.6 Å². The van der Waals surface area contributed by atoms with Gasteiger partial charge in [0.15, 0.2) is 5.71 Å². The molecule has 0 amide bonds. The van der Waals surface area contributed by atoms with E-state index < -0.39 is 30.5 Å². The van der Waals surface area contributed by atoms with Crippen LogP contribution in [-0.4, -0.2) is 62.4 Å². The van der Waals surface area contributed by atoms with Crippen LogP contribution in [0.4, 0.5) is 11.4 Å². The minimum atomic E-state index is -4.97. The third-order valence-electron chi connectivity index (χ3n) is 7.72. The molecule has 0 saturated carbocycles. The Balaban J connectivity index is 0.00000576. The van der Waals surface area contributed by atoms with Gasteiger partial charge in [-0.25, -0.2) is 13.0 Å². The number of hydrogen-bond acceptors (Lipinski definition) is 7. The van der Waals surface area contributed by atoms with Gasteiger partial charge in [0.2, 0.25) is 0 Å². The molecule has 238 valence electrons. The fourth-order valence-electron chi connectivity index (χ4n) is 5.42. The van der Waals surface area contributed by atoms with Gasteiger partial charge in [0.05, 0.1) is 4.90 Å². The van der Waals surface area contributed by atoms with E-state index in [9.17, 15) is 25.9 Å². The third kappa shape index (κ3) is 8.86. The summed E-state index contributed by atoms with van der Waals surface area (Å²) in [7, 11) is -9.62. The van der Waals surface area contributed by atoms with E-state index in [-0.39, 0.29) is 46.4 Å². The predicted molar refractivity (Wildman–Crippen MR) is 178 cm³/mol.